The molecule has 0 saturated heterocycles. The fraction of sp³-hybridized carbons (Fsp3) is 0.188. The second-order valence-electron chi connectivity index (χ2n) is 4.75. The van der Waals surface area contributed by atoms with Crippen LogP contribution in [0.25, 0.3) is 0 Å². The molecule has 18 heavy (non-hydrogen) atoms. The van der Waals surface area contributed by atoms with Crippen molar-refractivity contribution in [3.63, 3.8) is 0 Å². The van der Waals surface area contributed by atoms with Crippen molar-refractivity contribution >= 4 is 17.3 Å². The zero-order chi connectivity index (χ0) is 12.7. The van der Waals surface area contributed by atoms with Crippen LogP contribution in [0.3, 0.4) is 0 Å². The number of fused-ring (bicyclic) bond motifs is 1. The van der Waals surface area contributed by atoms with Gasteiger partial charge in [0.1, 0.15) is 0 Å². The second-order valence-corrected chi connectivity index (χ2v) is 4.75. The molecule has 3 rings (SSSR count). The summed E-state index contributed by atoms with van der Waals surface area (Å²) in [6, 6.07) is 14.1. The number of anilines is 2. The van der Waals surface area contributed by atoms with Crippen LogP contribution in [-0.4, -0.2) is 5.91 Å². The first kappa shape index (κ1) is 11.0. The Bertz CT molecular complexity index is 631. The van der Waals surface area contributed by atoms with Gasteiger partial charge in [-0.2, -0.15) is 0 Å². The highest BCUT2D eigenvalue weighted by Crippen LogP contribution is 2.37. The van der Waals surface area contributed by atoms with E-state index in [-0.39, 0.29) is 5.91 Å². The van der Waals surface area contributed by atoms with Crippen molar-refractivity contribution in [2.24, 2.45) is 0 Å². The van der Waals surface area contributed by atoms with Crippen LogP contribution >= 0.6 is 0 Å². The zero-order valence-electron chi connectivity index (χ0n) is 10.6. The average molecular weight is 237 g/mol. The van der Waals surface area contributed by atoms with Crippen LogP contribution in [0.2, 0.25) is 0 Å². The molecule has 2 heteroatoms. The van der Waals surface area contributed by atoms with Crippen molar-refractivity contribution in [3.8, 4) is 0 Å². The van der Waals surface area contributed by atoms with Gasteiger partial charge < -0.3 is 0 Å². The van der Waals surface area contributed by atoms with Gasteiger partial charge in [-0.15, -0.1) is 0 Å². The molecule has 0 radical (unpaired) electrons. The SMILES string of the molecule is Cc1cccc(N2C(=O)Cc3ccccc32)c1C. The third-order valence-corrected chi connectivity index (χ3v) is 3.64. The first-order chi connectivity index (χ1) is 8.68. The number of nitrogens with zero attached hydrogens (tertiary/aromatic N) is 1. The molecule has 0 atom stereocenters. The Morgan fingerprint density at radius 3 is 2.50 bits per heavy atom. The molecule has 2 nitrogen and oxygen atoms in total. The highest BCUT2D eigenvalue weighted by molar-refractivity contribution is 6.07. The largest absolute Gasteiger partial charge is 0.280 e. The topological polar surface area (TPSA) is 20.3 Å². The van der Waals surface area contributed by atoms with Crippen LogP contribution in [0, 0.1) is 13.8 Å². The third kappa shape index (κ3) is 1.53. The average Bonchev–Trinajstić information content (AvgIpc) is 2.69. The van der Waals surface area contributed by atoms with Crippen LogP contribution in [0.15, 0.2) is 42.5 Å². The minimum Gasteiger partial charge on any atom is -0.280 e. The summed E-state index contributed by atoms with van der Waals surface area (Å²) in [6.07, 6.45) is 0.504. The lowest BCUT2D eigenvalue weighted by Gasteiger charge is -2.20. The molecule has 0 aliphatic carbocycles. The standard InChI is InChI=1S/C16H15NO/c1-11-6-5-9-14(12(11)2)17-15-8-4-3-7-13(15)10-16(17)18/h3-9H,10H2,1-2H3. The summed E-state index contributed by atoms with van der Waals surface area (Å²) in [7, 11) is 0. The Labute approximate surface area is 107 Å². The van der Waals surface area contributed by atoms with Crippen molar-refractivity contribution in [3.05, 3.63) is 59.2 Å². The molecule has 2 aromatic carbocycles. The van der Waals surface area contributed by atoms with Crippen molar-refractivity contribution in [1.29, 1.82) is 0 Å². The molecule has 1 aliphatic heterocycles. The van der Waals surface area contributed by atoms with Gasteiger partial charge in [0.2, 0.25) is 5.91 Å². The van der Waals surface area contributed by atoms with E-state index in [0.717, 1.165) is 16.9 Å². The summed E-state index contributed by atoms with van der Waals surface area (Å²) in [5, 5.41) is 0. The fourth-order valence-corrected chi connectivity index (χ4v) is 2.50. The quantitative estimate of drug-likeness (QED) is 0.743. The number of hydrogen-bond acceptors (Lipinski definition) is 1. The number of benzene rings is 2. The van der Waals surface area contributed by atoms with E-state index < -0.39 is 0 Å². The minimum absolute atomic E-state index is 0.157. The maximum absolute atomic E-state index is 12.2. The summed E-state index contributed by atoms with van der Waals surface area (Å²) in [5.41, 5.74) is 5.52. The molecule has 0 fully saturated rings. The number of carbonyl (C=O) groups is 1. The molecule has 0 spiro atoms. The fourth-order valence-electron chi connectivity index (χ4n) is 2.50. The van der Waals surface area contributed by atoms with Crippen molar-refractivity contribution < 1.29 is 4.79 Å². The summed E-state index contributed by atoms with van der Waals surface area (Å²) in [6.45, 7) is 4.14. The predicted molar refractivity (Wildman–Crippen MR) is 73.2 cm³/mol. The van der Waals surface area contributed by atoms with E-state index in [4.69, 9.17) is 0 Å². The lowest BCUT2D eigenvalue weighted by Crippen LogP contribution is -2.21. The van der Waals surface area contributed by atoms with Crippen LogP contribution in [0.4, 0.5) is 11.4 Å². The summed E-state index contributed by atoms with van der Waals surface area (Å²) < 4.78 is 0. The molecule has 90 valence electrons. The number of aryl methyl sites for hydroxylation is 1. The van der Waals surface area contributed by atoms with Crippen molar-refractivity contribution in [1.82, 2.24) is 0 Å². The number of rotatable bonds is 1. The van der Waals surface area contributed by atoms with E-state index in [1.54, 1.807) is 0 Å². The molecule has 0 saturated carbocycles. The summed E-state index contributed by atoms with van der Waals surface area (Å²) in [4.78, 5) is 14.1. The van der Waals surface area contributed by atoms with Gasteiger partial charge in [0.05, 0.1) is 17.8 Å². The molecule has 0 N–H and O–H groups in total. The van der Waals surface area contributed by atoms with Gasteiger partial charge in [-0.25, -0.2) is 0 Å². The third-order valence-electron chi connectivity index (χ3n) is 3.64. The number of carbonyl (C=O) groups excluding carboxylic acids is 1. The van der Waals surface area contributed by atoms with Crippen LogP contribution in [0.5, 0.6) is 0 Å². The highest BCUT2D eigenvalue weighted by Gasteiger charge is 2.28. The summed E-state index contributed by atoms with van der Waals surface area (Å²) >= 11 is 0. The Morgan fingerprint density at radius 2 is 1.67 bits per heavy atom. The summed E-state index contributed by atoms with van der Waals surface area (Å²) in [5.74, 6) is 0.157. The molecule has 0 unspecified atom stereocenters. The maximum Gasteiger partial charge on any atom is 0.236 e. The first-order valence-electron chi connectivity index (χ1n) is 6.15. The Kier molecular flexibility index (Phi) is 2.44. The monoisotopic (exact) mass is 237 g/mol. The van der Waals surface area contributed by atoms with Gasteiger partial charge in [0, 0.05) is 0 Å². The second kappa shape index (κ2) is 3.98. The van der Waals surface area contributed by atoms with Crippen molar-refractivity contribution in [2.45, 2.75) is 20.3 Å². The van der Waals surface area contributed by atoms with Gasteiger partial charge in [-0.3, -0.25) is 9.69 Å². The van der Waals surface area contributed by atoms with Gasteiger partial charge in [0.25, 0.3) is 0 Å². The number of amides is 1. The molecule has 1 amide bonds. The van der Waals surface area contributed by atoms with Gasteiger partial charge >= 0.3 is 0 Å². The Hall–Kier alpha value is -2.09. The molecular weight excluding hydrogens is 222 g/mol. The van der Waals surface area contributed by atoms with Crippen LogP contribution in [-0.2, 0) is 11.2 Å². The maximum atomic E-state index is 12.2. The predicted octanol–water partition coefficient (Wildman–Crippen LogP) is 3.52. The van der Waals surface area contributed by atoms with E-state index in [0.29, 0.717) is 6.42 Å². The molecule has 0 bridgehead atoms. The number of hydrogen-bond donors (Lipinski definition) is 0. The van der Waals surface area contributed by atoms with E-state index in [2.05, 4.69) is 19.9 Å². The van der Waals surface area contributed by atoms with Crippen LogP contribution in [0.1, 0.15) is 16.7 Å². The zero-order valence-corrected chi connectivity index (χ0v) is 10.6. The molecule has 0 aromatic heterocycles. The van der Waals surface area contributed by atoms with Gasteiger partial charge in [-0.1, -0.05) is 30.3 Å². The van der Waals surface area contributed by atoms with E-state index >= 15 is 0 Å². The Morgan fingerprint density at radius 1 is 0.944 bits per heavy atom. The molecule has 2 aromatic rings. The number of para-hydroxylation sites is 1. The molecular formula is C16H15NO. The Balaban J connectivity index is 2.18. The molecule has 1 aliphatic rings. The molecule has 1 heterocycles. The van der Waals surface area contributed by atoms with E-state index in [9.17, 15) is 4.79 Å². The van der Waals surface area contributed by atoms with E-state index in [1.165, 1.54) is 11.1 Å². The highest BCUT2D eigenvalue weighted by atomic mass is 16.2. The van der Waals surface area contributed by atoms with Gasteiger partial charge in [-0.05, 0) is 42.7 Å². The lowest BCUT2D eigenvalue weighted by molar-refractivity contribution is -0.116. The van der Waals surface area contributed by atoms with Gasteiger partial charge in [0.15, 0.2) is 0 Å². The van der Waals surface area contributed by atoms with E-state index in [1.807, 2.05) is 41.3 Å². The first-order valence-corrected chi connectivity index (χ1v) is 6.15. The van der Waals surface area contributed by atoms with Crippen molar-refractivity contribution in [2.75, 3.05) is 4.90 Å². The van der Waals surface area contributed by atoms with Crippen LogP contribution < -0.4 is 4.90 Å². The lowest BCUT2D eigenvalue weighted by atomic mass is 10.1. The minimum atomic E-state index is 0.157. The normalized spacial score (nSPS) is 13.9. The smallest absolute Gasteiger partial charge is 0.236 e.